The van der Waals surface area contributed by atoms with Gasteiger partial charge in [0.05, 0.1) is 10.6 Å². The fourth-order valence-electron chi connectivity index (χ4n) is 2.18. The molecule has 0 radical (unpaired) electrons. The zero-order chi connectivity index (χ0) is 17.7. The van der Waals surface area contributed by atoms with Crippen molar-refractivity contribution < 1.29 is 17.5 Å². The Morgan fingerprint density at radius 3 is 1.76 bits per heavy atom. The van der Waals surface area contributed by atoms with E-state index in [1.54, 1.807) is 78.9 Å². The monoisotopic (exact) mass is 353 g/mol. The van der Waals surface area contributed by atoms with Crippen molar-refractivity contribution in [3.05, 3.63) is 96.6 Å². The van der Waals surface area contributed by atoms with Crippen LogP contribution in [-0.2, 0) is 14.4 Å². The summed E-state index contributed by atoms with van der Waals surface area (Å²) in [5, 5.41) is 0.789. The molecule has 0 aromatic heterocycles. The van der Waals surface area contributed by atoms with E-state index in [-0.39, 0.29) is 4.90 Å². The average Bonchev–Trinajstić information content (AvgIpc) is 2.68. The van der Waals surface area contributed by atoms with Gasteiger partial charge in [-0.3, -0.25) is 4.79 Å². The van der Waals surface area contributed by atoms with E-state index in [0.717, 1.165) is 5.06 Å². The fraction of sp³-hybridized carbons (Fsp3) is 0. The molecule has 0 aliphatic heterocycles. The summed E-state index contributed by atoms with van der Waals surface area (Å²) in [7, 11) is -4.16. The zero-order valence-corrected chi connectivity index (χ0v) is 14.0. The van der Waals surface area contributed by atoms with E-state index in [2.05, 4.69) is 0 Å². The van der Waals surface area contributed by atoms with Crippen LogP contribution >= 0.6 is 0 Å². The number of hydrogen-bond donors (Lipinski definition) is 0. The summed E-state index contributed by atoms with van der Waals surface area (Å²) in [5.41, 5.74) is 0.630. The van der Waals surface area contributed by atoms with Gasteiger partial charge in [-0.05, 0) is 36.4 Å². The molecule has 0 atom stereocenters. The topological polar surface area (TPSA) is 63.7 Å². The molecule has 0 unspecified atom stereocenters. The van der Waals surface area contributed by atoms with Crippen LogP contribution in [0.4, 0.5) is 5.69 Å². The molecule has 3 aromatic rings. The first-order valence-electron chi connectivity index (χ1n) is 7.52. The third-order valence-electron chi connectivity index (χ3n) is 3.40. The highest BCUT2D eigenvalue weighted by molar-refractivity contribution is 7.86. The van der Waals surface area contributed by atoms with Crippen molar-refractivity contribution in [1.82, 2.24) is 0 Å². The standard InChI is InChI=1S/C19H15NO4S/c21-19(16-10-4-1-5-11-16)20(17-12-6-2-7-13-17)24-25(22,23)18-14-8-3-9-15-18/h1-15H. The molecule has 0 spiro atoms. The van der Waals surface area contributed by atoms with E-state index in [1.807, 2.05) is 0 Å². The van der Waals surface area contributed by atoms with Crippen LogP contribution in [-0.4, -0.2) is 14.3 Å². The molecule has 0 saturated carbocycles. The van der Waals surface area contributed by atoms with Crippen LogP contribution in [0, 0.1) is 0 Å². The predicted molar refractivity (Wildman–Crippen MR) is 94.4 cm³/mol. The molecule has 0 bridgehead atoms. The molecule has 0 N–H and O–H groups in total. The normalized spacial score (nSPS) is 11.0. The van der Waals surface area contributed by atoms with Crippen molar-refractivity contribution in [3.63, 3.8) is 0 Å². The summed E-state index contributed by atoms with van der Waals surface area (Å²) >= 11 is 0. The molecule has 0 fully saturated rings. The average molecular weight is 353 g/mol. The minimum Gasteiger partial charge on any atom is -0.266 e. The largest absolute Gasteiger partial charge is 0.318 e. The van der Waals surface area contributed by atoms with Crippen molar-refractivity contribution in [2.45, 2.75) is 4.90 Å². The van der Waals surface area contributed by atoms with Gasteiger partial charge in [0.2, 0.25) is 0 Å². The van der Waals surface area contributed by atoms with E-state index in [4.69, 9.17) is 4.28 Å². The Labute approximate surface area is 146 Å². The van der Waals surface area contributed by atoms with E-state index in [0.29, 0.717) is 11.3 Å². The molecule has 3 aromatic carbocycles. The number of hydrogen-bond acceptors (Lipinski definition) is 4. The molecule has 25 heavy (non-hydrogen) atoms. The van der Waals surface area contributed by atoms with Crippen molar-refractivity contribution in [2.24, 2.45) is 0 Å². The number of carbonyl (C=O) groups excluding carboxylic acids is 1. The highest BCUT2D eigenvalue weighted by Gasteiger charge is 2.26. The second-order valence-corrected chi connectivity index (χ2v) is 6.67. The van der Waals surface area contributed by atoms with Crippen LogP contribution in [0.2, 0.25) is 0 Å². The van der Waals surface area contributed by atoms with Gasteiger partial charge >= 0.3 is 10.1 Å². The lowest BCUT2D eigenvalue weighted by Crippen LogP contribution is -2.33. The van der Waals surface area contributed by atoms with E-state index in [1.165, 1.54) is 12.1 Å². The van der Waals surface area contributed by atoms with Gasteiger partial charge in [-0.25, -0.2) is 0 Å². The first kappa shape index (κ1) is 16.9. The van der Waals surface area contributed by atoms with Gasteiger partial charge in [-0.2, -0.15) is 13.5 Å². The molecule has 0 aliphatic carbocycles. The number of para-hydroxylation sites is 1. The van der Waals surface area contributed by atoms with E-state index >= 15 is 0 Å². The molecule has 6 heteroatoms. The molecule has 0 saturated heterocycles. The van der Waals surface area contributed by atoms with Crippen LogP contribution in [0.1, 0.15) is 10.4 Å². The molecular weight excluding hydrogens is 338 g/mol. The molecule has 126 valence electrons. The molecule has 0 aliphatic rings. The Kier molecular flexibility index (Phi) is 4.92. The van der Waals surface area contributed by atoms with Crippen LogP contribution in [0.25, 0.3) is 0 Å². The quantitative estimate of drug-likeness (QED) is 0.657. The number of anilines is 1. The van der Waals surface area contributed by atoms with Gasteiger partial charge in [-0.1, -0.05) is 54.6 Å². The highest BCUT2D eigenvalue weighted by Crippen LogP contribution is 2.22. The summed E-state index contributed by atoms with van der Waals surface area (Å²) in [4.78, 5) is 12.8. The van der Waals surface area contributed by atoms with Crippen molar-refractivity contribution >= 4 is 21.7 Å². The SMILES string of the molecule is O=C(c1ccccc1)N(OS(=O)(=O)c1ccccc1)c1ccccc1. The number of benzene rings is 3. The van der Waals surface area contributed by atoms with E-state index < -0.39 is 16.0 Å². The summed E-state index contributed by atoms with van der Waals surface area (Å²) in [6.07, 6.45) is 0. The second-order valence-electron chi connectivity index (χ2n) is 5.14. The number of nitrogens with zero attached hydrogens (tertiary/aromatic N) is 1. The molecule has 1 amide bonds. The molecular formula is C19H15NO4S. The van der Waals surface area contributed by atoms with Crippen molar-refractivity contribution in [1.29, 1.82) is 0 Å². The third-order valence-corrected chi connectivity index (χ3v) is 4.60. The summed E-state index contributed by atoms with van der Waals surface area (Å²) in [6.45, 7) is 0. The minimum absolute atomic E-state index is 0.0307. The first-order valence-corrected chi connectivity index (χ1v) is 8.93. The maximum absolute atomic E-state index is 12.8. The van der Waals surface area contributed by atoms with Crippen LogP contribution in [0.15, 0.2) is 95.9 Å². The maximum Gasteiger partial charge on any atom is 0.318 e. The number of rotatable bonds is 5. The zero-order valence-electron chi connectivity index (χ0n) is 13.1. The van der Waals surface area contributed by atoms with Gasteiger partial charge in [0.15, 0.2) is 0 Å². The van der Waals surface area contributed by atoms with Gasteiger partial charge in [-0.15, -0.1) is 4.28 Å². The van der Waals surface area contributed by atoms with Crippen molar-refractivity contribution in [3.8, 4) is 0 Å². The second kappa shape index (κ2) is 7.29. The molecule has 0 heterocycles. The van der Waals surface area contributed by atoms with Crippen LogP contribution < -0.4 is 5.06 Å². The molecule has 5 nitrogen and oxygen atoms in total. The Balaban J connectivity index is 1.99. The highest BCUT2D eigenvalue weighted by atomic mass is 32.2. The lowest BCUT2D eigenvalue weighted by atomic mass is 10.2. The summed E-state index contributed by atoms with van der Waals surface area (Å²) in [6, 6.07) is 24.4. The number of hydroxylamine groups is 1. The lowest BCUT2D eigenvalue weighted by Gasteiger charge is -2.21. The smallest absolute Gasteiger partial charge is 0.266 e. The van der Waals surface area contributed by atoms with Gasteiger partial charge in [0, 0.05) is 5.56 Å². The Morgan fingerprint density at radius 1 is 0.720 bits per heavy atom. The minimum atomic E-state index is -4.16. The first-order chi connectivity index (χ1) is 12.1. The third kappa shape index (κ3) is 3.93. The fourth-order valence-corrected chi connectivity index (χ4v) is 3.11. The Bertz CT molecular complexity index is 942. The lowest BCUT2D eigenvalue weighted by molar-refractivity contribution is 0.0885. The van der Waals surface area contributed by atoms with Crippen LogP contribution in [0.3, 0.4) is 0 Å². The summed E-state index contributed by atoms with van der Waals surface area (Å²) in [5.74, 6) is -0.577. The van der Waals surface area contributed by atoms with E-state index in [9.17, 15) is 13.2 Å². The number of carbonyl (C=O) groups is 1. The molecule has 3 rings (SSSR count). The van der Waals surface area contributed by atoms with Gasteiger partial charge in [0.25, 0.3) is 5.91 Å². The van der Waals surface area contributed by atoms with Crippen molar-refractivity contribution in [2.75, 3.05) is 5.06 Å². The predicted octanol–water partition coefficient (Wildman–Crippen LogP) is 3.65. The van der Waals surface area contributed by atoms with Gasteiger partial charge < -0.3 is 0 Å². The summed E-state index contributed by atoms with van der Waals surface area (Å²) < 4.78 is 30.3. The maximum atomic E-state index is 12.8. The Hall–Kier alpha value is -2.96. The number of amides is 1. The Morgan fingerprint density at radius 2 is 1.20 bits per heavy atom. The van der Waals surface area contributed by atoms with Gasteiger partial charge in [0.1, 0.15) is 0 Å². The van der Waals surface area contributed by atoms with Crippen LogP contribution in [0.5, 0.6) is 0 Å².